The summed E-state index contributed by atoms with van der Waals surface area (Å²) in [6, 6.07) is 0. The lowest BCUT2D eigenvalue weighted by Crippen LogP contribution is -2.38. The second-order valence-electron chi connectivity index (χ2n) is 5.82. The van der Waals surface area contributed by atoms with Crippen molar-refractivity contribution < 1.29 is 4.74 Å². The zero-order valence-electron chi connectivity index (χ0n) is 11.9. The van der Waals surface area contributed by atoms with E-state index in [0.717, 1.165) is 25.9 Å². The highest BCUT2D eigenvalue weighted by atomic mass is 16.5. The molecule has 0 aromatic heterocycles. The van der Waals surface area contributed by atoms with Crippen LogP contribution in [0, 0.1) is 0 Å². The average molecular weight is 229 g/mol. The Kier molecular flexibility index (Phi) is 7.25. The van der Waals surface area contributed by atoms with Crippen LogP contribution in [0.1, 0.15) is 73.1 Å². The molecule has 0 aromatic rings. The minimum Gasteiger partial charge on any atom is -0.376 e. The van der Waals surface area contributed by atoms with Gasteiger partial charge in [-0.15, -0.1) is 0 Å². The largest absolute Gasteiger partial charge is 0.376 e. The molecule has 0 bridgehead atoms. The lowest BCUT2D eigenvalue weighted by atomic mass is 9.92. The Labute approximate surface area is 102 Å². The van der Waals surface area contributed by atoms with Gasteiger partial charge in [-0.3, -0.25) is 0 Å². The molecule has 0 aliphatic carbocycles. The van der Waals surface area contributed by atoms with Gasteiger partial charge in [0, 0.05) is 12.1 Å². The molecule has 2 N–H and O–H groups in total. The molecule has 0 saturated carbocycles. The van der Waals surface area contributed by atoms with Crippen LogP contribution in [-0.4, -0.2) is 17.7 Å². The van der Waals surface area contributed by atoms with Gasteiger partial charge in [0.05, 0.1) is 5.60 Å². The van der Waals surface area contributed by atoms with E-state index in [1.165, 1.54) is 19.3 Å². The second kappa shape index (κ2) is 7.29. The van der Waals surface area contributed by atoms with Crippen molar-refractivity contribution in [1.82, 2.24) is 0 Å². The fourth-order valence-corrected chi connectivity index (χ4v) is 1.57. The van der Waals surface area contributed by atoms with Crippen LogP contribution >= 0.6 is 0 Å². The van der Waals surface area contributed by atoms with Gasteiger partial charge < -0.3 is 10.5 Å². The van der Waals surface area contributed by atoms with Gasteiger partial charge in [0.15, 0.2) is 0 Å². The summed E-state index contributed by atoms with van der Waals surface area (Å²) in [5.74, 6) is 0. The van der Waals surface area contributed by atoms with Crippen molar-refractivity contribution in [3.05, 3.63) is 0 Å². The van der Waals surface area contributed by atoms with Gasteiger partial charge in [-0.05, 0) is 40.0 Å². The number of rotatable bonds is 9. The minimum atomic E-state index is -0.0566. The molecule has 0 rings (SSSR count). The van der Waals surface area contributed by atoms with E-state index in [0.29, 0.717) is 0 Å². The first-order valence-corrected chi connectivity index (χ1v) is 6.76. The average Bonchev–Trinajstić information content (AvgIpc) is 2.17. The van der Waals surface area contributed by atoms with Gasteiger partial charge in [-0.25, -0.2) is 0 Å². The number of unbranched alkanes of at least 4 members (excludes halogenated alkanes) is 2. The zero-order chi connectivity index (χ0) is 12.7. The molecule has 0 fully saturated rings. The molecule has 0 aliphatic heterocycles. The fraction of sp³-hybridized carbons (Fsp3) is 1.00. The number of hydrogen-bond acceptors (Lipinski definition) is 2. The van der Waals surface area contributed by atoms with E-state index < -0.39 is 0 Å². The summed E-state index contributed by atoms with van der Waals surface area (Å²) in [4.78, 5) is 0. The molecular formula is C14H31NO. The molecule has 0 saturated heterocycles. The van der Waals surface area contributed by atoms with Crippen LogP contribution in [0.4, 0.5) is 0 Å². The highest BCUT2D eigenvalue weighted by Gasteiger charge is 2.20. The smallest absolute Gasteiger partial charge is 0.0623 e. The summed E-state index contributed by atoms with van der Waals surface area (Å²) in [6.45, 7) is 11.6. The summed E-state index contributed by atoms with van der Waals surface area (Å²) in [5.41, 5.74) is 6.19. The van der Waals surface area contributed by atoms with Crippen LogP contribution < -0.4 is 5.73 Å². The highest BCUT2D eigenvalue weighted by molar-refractivity contribution is 4.78. The van der Waals surface area contributed by atoms with Crippen molar-refractivity contribution in [2.24, 2.45) is 5.73 Å². The van der Waals surface area contributed by atoms with E-state index in [-0.39, 0.29) is 11.1 Å². The Morgan fingerprint density at radius 1 is 1.00 bits per heavy atom. The van der Waals surface area contributed by atoms with Gasteiger partial charge in [-0.1, -0.05) is 33.1 Å². The third-order valence-corrected chi connectivity index (χ3v) is 3.37. The lowest BCUT2D eigenvalue weighted by molar-refractivity contribution is -0.0270. The number of hydrogen-bond donors (Lipinski definition) is 1. The fourth-order valence-electron chi connectivity index (χ4n) is 1.57. The first-order chi connectivity index (χ1) is 7.33. The Balaban J connectivity index is 3.73. The maximum atomic E-state index is 6.25. The van der Waals surface area contributed by atoms with Crippen LogP contribution in [0.5, 0.6) is 0 Å². The second-order valence-corrected chi connectivity index (χ2v) is 5.82. The maximum Gasteiger partial charge on any atom is 0.0623 e. The van der Waals surface area contributed by atoms with Gasteiger partial charge >= 0.3 is 0 Å². The first kappa shape index (κ1) is 15.9. The molecule has 16 heavy (non-hydrogen) atoms. The van der Waals surface area contributed by atoms with E-state index in [9.17, 15) is 0 Å². The summed E-state index contributed by atoms with van der Waals surface area (Å²) >= 11 is 0. The molecule has 1 unspecified atom stereocenters. The molecule has 0 aromatic carbocycles. The molecule has 2 nitrogen and oxygen atoms in total. The SMILES string of the molecule is CCCCCC(C)(N)CCOC(C)(C)CC. The minimum absolute atomic E-state index is 0.000497. The molecule has 0 radical (unpaired) electrons. The van der Waals surface area contributed by atoms with E-state index in [4.69, 9.17) is 10.5 Å². The predicted octanol–water partition coefficient (Wildman–Crippen LogP) is 3.88. The van der Waals surface area contributed by atoms with E-state index >= 15 is 0 Å². The normalized spacial score (nSPS) is 16.1. The third kappa shape index (κ3) is 8.12. The summed E-state index contributed by atoms with van der Waals surface area (Å²) in [5, 5.41) is 0. The molecule has 0 spiro atoms. The van der Waals surface area contributed by atoms with Gasteiger partial charge in [0.1, 0.15) is 0 Å². The zero-order valence-corrected chi connectivity index (χ0v) is 11.9. The van der Waals surface area contributed by atoms with Crippen molar-refractivity contribution >= 4 is 0 Å². The van der Waals surface area contributed by atoms with E-state index in [2.05, 4.69) is 34.6 Å². The van der Waals surface area contributed by atoms with Gasteiger partial charge in [-0.2, -0.15) is 0 Å². The standard InChI is InChI=1S/C14H31NO/c1-6-8-9-10-14(5,15)11-12-16-13(3,4)7-2/h6-12,15H2,1-5H3. The molecule has 0 amide bonds. The van der Waals surface area contributed by atoms with Crippen molar-refractivity contribution in [2.45, 2.75) is 84.3 Å². The Hall–Kier alpha value is -0.0800. The van der Waals surface area contributed by atoms with Crippen LogP contribution in [0.15, 0.2) is 0 Å². The topological polar surface area (TPSA) is 35.2 Å². The first-order valence-electron chi connectivity index (χ1n) is 6.76. The molecule has 2 heteroatoms. The maximum absolute atomic E-state index is 6.25. The monoisotopic (exact) mass is 229 g/mol. The predicted molar refractivity (Wildman–Crippen MR) is 71.7 cm³/mol. The quantitative estimate of drug-likeness (QED) is 0.609. The van der Waals surface area contributed by atoms with Crippen LogP contribution in [0.25, 0.3) is 0 Å². The Morgan fingerprint density at radius 2 is 1.62 bits per heavy atom. The van der Waals surface area contributed by atoms with Gasteiger partial charge in [0.2, 0.25) is 0 Å². The number of ether oxygens (including phenoxy) is 1. The van der Waals surface area contributed by atoms with Crippen LogP contribution in [0.3, 0.4) is 0 Å². The van der Waals surface area contributed by atoms with Crippen molar-refractivity contribution in [1.29, 1.82) is 0 Å². The summed E-state index contributed by atoms with van der Waals surface area (Å²) < 4.78 is 5.84. The van der Waals surface area contributed by atoms with Crippen molar-refractivity contribution in [3.8, 4) is 0 Å². The lowest BCUT2D eigenvalue weighted by Gasteiger charge is -2.28. The van der Waals surface area contributed by atoms with Crippen LogP contribution in [0.2, 0.25) is 0 Å². The third-order valence-electron chi connectivity index (χ3n) is 3.37. The van der Waals surface area contributed by atoms with Gasteiger partial charge in [0.25, 0.3) is 0 Å². The van der Waals surface area contributed by atoms with E-state index in [1.807, 2.05) is 0 Å². The Bertz CT molecular complexity index is 176. The molecule has 98 valence electrons. The molecule has 0 aliphatic rings. The van der Waals surface area contributed by atoms with Crippen molar-refractivity contribution in [3.63, 3.8) is 0 Å². The molecule has 0 heterocycles. The molecular weight excluding hydrogens is 198 g/mol. The number of nitrogens with two attached hydrogens (primary N) is 1. The summed E-state index contributed by atoms with van der Waals surface area (Å²) in [7, 11) is 0. The Morgan fingerprint density at radius 3 is 2.12 bits per heavy atom. The summed E-state index contributed by atoms with van der Waals surface area (Å²) in [6.07, 6.45) is 6.89. The highest BCUT2D eigenvalue weighted by Crippen LogP contribution is 2.19. The molecule has 1 atom stereocenters. The van der Waals surface area contributed by atoms with Crippen LogP contribution in [-0.2, 0) is 4.74 Å². The van der Waals surface area contributed by atoms with Crippen molar-refractivity contribution in [2.75, 3.05) is 6.61 Å². The van der Waals surface area contributed by atoms with E-state index in [1.54, 1.807) is 0 Å².